The van der Waals surface area contributed by atoms with Crippen molar-refractivity contribution in [3.05, 3.63) is 23.8 Å². The quantitative estimate of drug-likeness (QED) is 0.607. The molecule has 8 nitrogen and oxygen atoms in total. The van der Waals surface area contributed by atoms with Crippen molar-refractivity contribution in [1.29, 1.82) is 0 Å². The second-order valence-electron chi connectivity index (χ2n) is 6.59. The van der Waals surface area contributed by atoms with E-state index in [0.29, 0.717) is 19.0 Å². The van der Waals surface area contributed by atoms with Crippen molar-refractivity contribution < 1.29 is 19.1 Å². The molecular weight excluding hydrogens is 336 g/mol. The average molecular weight is 362 g/mol. The molecular formula is C18H26N4O4. The molecule has 1 saturated heterocycles. The maximum Gasteiger partial charge on any atom is 0.224 e. The Morgan fingerprint density at radius 2 is 2.12 bits per heavy atom. The largest absolute Gasteiger partial charge is 0.490 e. The molecule has 0 aromatic heterocycles. The number of rotatable bonds is 5. The number of ether oxygens (including phenoxy) is 2. The number of carbonyl (C=O) groups is 2. The highest BCUT2D eigenvalue weighted by Crippen LogP contribution is 2.33. The highest BCUT2D eigenvalue weighted by Gasteiger charge is 2.26. The predicted octanol–water partition coefficient (Wildman–Crippen LogP) is 0.526. The van der Waals surface area contributed by atoms with Crippen LogP contribution < -0.4 is 31.2 Å². The van der Waals surface area contributed by atoms with Gasteiger partial charge in [0.1, 0.15) is 0 Å². The van der Waals surface area contributed by atoms with Gasteiger partial charge in [0, 0.05) is 6.42 Å². The summed E-state index contributed by atoms with van der Waals surface area (Å²) in [5.41, 5.74) is 6.72. The Labute approximate surface area is 152 Å². The predicted molar refractivity (Wildman–Crippen MR) is 95.5 cm³/mol. The molecule has 0 bridgehead atoms. The Hall–Kier alpha value is -2.32. The van der Waals surface area contributed by atoms with Crippen LogP contribution in [0, 0.1) is 0 Å². The van der Waals surface area contributed by atoms with Crippen LogP contribution in [-0.2, 0) is 9.59 Å². The molecule has 142 valence electrons. The van der Waals surface area contributed by atoms with E-state index in [2.05, 4.69) is 16.0 Å². The fourth-order valence-electron chi connectivity index (χ4n) is 3.18. The molecule has 3 unspecified atom stereocenters. The van der Waals surface area contributed by atoms with E-state index in [4.69, 9.17) is 15.2 Å². The molecule has 2 aliphatic rings. The van der Waals surface area contributed by atoms with E-state index in [9.17, 15) is 9.59 Å². The summed E-state index contributed by atoms with van der Waals surface area (Å²) in [6, 6.07) is 5.60. The van der Waals surface area contributed by atoms with Crippen molar-refractivity contribution in [3.63, 3.8) is 0 Å². The summed E-state index contributed by atoms with van der Waals surface area (Å²) in [5, 5.41) is 8.75. The van der Waals surface area contributed by atoms with Crippen LogP contribution in [0.1, 0.15) is 44.2 Å². The minimum Gasteiger partial charge on any atom is -0.490 e. The highest BCUT2D eigenvalue weighted by molar-refractivity contribution is 5.81. The molecule has 3 atom stereocenters. The maximum absolute atomic E-state index is 12.4. The van der Waals surface area contributed by atoms with Crippen LogP contribution >= 0.6 is 0 Å². The first kappa shape index (κ1) is 18.5. The number of fused-ring (bicyclic) bond motifs is 1. The van der Waals surface area contributed by atoms with Crippen molar-refractivity contribution in [3.8, 4) is 11.5 Å². The van der Waals surface area contributed by atoms with Crippen LogP contribution in [0.5, 0.6) is 11.5 Å². The molecule has 0 spiro atoms. The molecule has 1 aromatic rings. The maximum atomic E-state index is 12.4. The molecule has 0 saturated carbocycles. The summed E-state index contributed by atoms with van der Waals surface area (Å²) in [6.45, 7) is 3.26. The molecule has 0 radical (unpaired) electrons. The van der Waals surface area contributed by atoms with Crippen LogP contribution in [0.15, 0.2) is 18.2 Å². The molecule has 1 fully saturated rings. The third-order valence-electron chi connectivity index (χ3n) is 4.46. The fourth-order valence-corrected chi connectivity index (χ4v) is 3.18. The Morgan fingerprint density at radius 3 is 2.85 bits per heavy atom. The molecule has 1 aromatic carbocycles. The minimum atomic E-state index is -0.451. The summed E-state index contributed by atoms with van der Waals surface area (Å²) in [5.74, 6) is 1.13. The normalized spacial score (nSPS) is 23.5. The molecule has 8 heteroatoms. The van der Waals surface area contributed by atoms with E-state index in [1.807, 2.05) is 25.1 Å². The lowest BCUT2D eigenvalue weighted by molar-refractivity contribution is -0.126. The first-order valence-corrected chi connectivity index (χ1v) is 9.05. The SMILES string of the molecule is CCC(NC(=O)CC1NC(=O)CC(N)N1)c1ccc2c(c1)OCCCO2. The van der Waals surface area contributed by atoms with Crippen molar-refractivity contribution in [2.75, 3.05) is 13.2 Å². The smallest absolute Gasteiger partial charge is 0.224 e. The topological polar surface area (TPSA) is 115 Å². The third kappa shape index (κ3) is 4.64. The van der Waals surface area contributed by atoms with E-state index in [0.717, 1.165) is 24.2 Å². The molecule has 2 amide bonds. The van der Waals surface area contributed by atoms with Crippen LogP contribution in [0.25, 0.3) is 0 Å². The molecule has 5 N–H and O–H groups in total. The summed E-state index contributed by atoms with van der Waals surface area (Å²) < 4.78 is 11.4. The van der Waals surface area contributed by atoms with Gasteiger partial charge in [-0.05, 0) is 24.1 Å². The minimum absolute atomic E-state index is 0.125. The van der Waals surface area contributed by atoms with Crippen molar-refractivity contribution in [1.82, 2.24) is 16.0 Å². The van der Waals surface area contributed by atoms with Gasteiger partial charge in [-0.15, -0.1) is 0 Å². The summed E-state index contributed by atoms with van der Waals surface area (Å²) in [7, 11) is 0. The monoisotopic (exact) mass is 362 g/mol. The van der Waals surface area contributed by atoms with Crippen molar-refractivity contribution >= 4 is 11.8 Å². The van der Waals surface area contributed by atoms with E-state index < -0.39 is 12.3 Å². The summed E-state index contributed by atoms with van der Waals surface area (Å²) >= 11 is 0. The van der Waals surface area contributed by atoms with Gasteiger partial charge in [-0.2, -0.15) is 0 Å². The van der Waals surface area contributed by atoms with Gasteiger partial charge in [0.15, 0.2) is 11.5 Å². The second-order valence-corrected chi connectivity index (χ2v) is 6.59. The second kappa shape index (κ2) is 8.37. The van der Waals surface area contributed by atoms with Crippen LogP contribution in [-0.4, -0.2) is 37.4 Å². The lowest BCUT2D eigenvalue weighted by Gasteiger charge is -2.29. The lowest BCUT2D eigenvalue weighted by atomic mass is 10.0. The molecule has 0 aliphatic carbocycles. The van der Waals surface area contributed by atoms with Gasteiger partial charge in [-0.1, -0.05) is 13.0 Å². The molecule has 2 aliphatic heterocycles. The molecule has 2 heterocycles. The zero-order chi connectivity index (χ0) is 18.5. The van der Waals surface area contributed by atoms with E-state index in [1.165, 1.54) is 0 Å². The van der Waals surface area contributed by atoms with Crippen molar-refractivity contribution in [2.45, 2.75) is 51.0 Å². The number of hydrogen-bond acceptors (Lipinski definition) is 6. The molecule has 3 rings (SSSR count). The zero-order valence-corrected chi connectivity index (χ0v) is 14.9. The Balaban J connectivity index is 1.62. The van der Waals surface area contributed by atoms with Gasteiger partial charge in [0.25, 0.3) is 0 Å². The zero-order valence-electron chi connectivity index (χ0n) is 14.9. The van der Waals surface area contributed by atoms with Crippen molar-refractivity contribution in [2.24, 2.45) is 5.73 Å². The van der Waals surface area contributed by atoms with Gasteiger partial charge < -0.3 is 25.8 Å². The number of amides is 2. The van der Waals surface area contributed by atoms with Crippen LogP contribution in [0.4, 0.5) is 0 Å². The number of nitrogens with two attached hydrogens (primary N) is 1. The first-order chi connectivity index (χ1) is 12.5. The average Bonchev–Trinajstić information content (AvgIpc) is 2.83. The Bertz CT molecular complexity index is 667. The first-order valence-electron chi connectivity index (χ1n) is 9.05. The fraction of sp³-hybridized carbons (Fsp3) is 0.556. The highest BCUT2D eigenvalue weighted by atomic mass is 16.5. The van der Waals surface area contributed by atoms with E-state index >= 15 is 0 Å². The standard InChI is InChI=1S/C18H26N4O4/c1-2-12(11-4-5-13-14(8-11)26-7-3-6-25-13)20-18(24)10-16-21-15(19)9-17(23)22-16/h4-5,8,12,15-16,21H,2-3,6-7,9-10,19H2,1H3,(H,20,24)(H,22,23). The number of hydrogen-bond donors (Lipinski definition) is 4. The number of nitrogens with one attached hydrogen (secondary N) is 3. The molecule has 26 heavy (non-hydrogen) atoms. The van der Waals surface area contributed by atoms with Gasteiger partial charge in [-0.3, -0.25) is 14.9 Å². The van der Waals surface area contributed by atoms with E-state index in [1.54, 1.807) is 0 Å². The van der Waals surface area contributed by atoms with Gasteiger partial charge in [0.2, 0.25) is 11.8 Å². The van der Waals surface area contributed by atoms with Gasteiger partial charge in [0.05, 0.1) is 44.4 Å². The Kier molecular flexibility index (Phi) is 5.95. The van der Waals surface area contributed by atoms with Crippen LogP contribution in [0.2, 0.25) is 0 Å². The number of benzene rings is 1. The lowest BCUT2D eigenvalue weighted by Crippen LogP contribution is -2.60. The van der Waals surface area contributed by atoms with Crippen LogP contribution in [0.3, 0.4) is 0 Å². The summed E-state index contributed by atoms with van der Waals surface area (Å²) in [6.07, 6.45) is 1.04. The Morgan fingerprint density at radius 1 is 1.35 bits per heavy atom. The van der Waals surface area contributed by atoms with Gasteiger partial charge in [-0.25, -0.2) is 0 Å². The third-order valence-corrected chi connectivity index (χ3v) is 4.46. The number of carbonyl (C=O) groups excluding carboxylic acids is 2. The summed E-state index contributed by atoms with van der Waals surface area (Å²) in [4.78, 5) is 24.0. The van der Waals surface area contributed by atoms with E-state index in [-0.39, 0.29) is 30.7 Å². The van der Waals surface area contributed by atoms with Gasteiger partial charge >= 0.3 is 0 Å².